The molecule has 0 spiro atoms. The standard InChI is InChI=1S/C12H17ClO2/c1-15-12(3-2-8-14)11-6-4-10(9-13)5-7-11/h4-7,12,14H,2-3,8-9H2,1H3. The van der Waals surface area contributed by atoms with Crippen molar-refractivity contribution in [1.29, 1.82) is 0 Å². The van der Waals surface area contributed by atoms with Crippen LogP contribution in [0.15, 0.2) is 24.3 Å². The molecule has 0 bridgehead atoms. The lowest BCUT2D eigenvalue weighted by Gasteiger charge is -2.15. The first kappa shape index (κ1) is 12.5. The lowest BCUT2D eigenvalue weighted by Crippen LogP contribution is -2.02. The molecule has 0 heterocycles. The van der Waals surface area contributed by atoms with E-state index in [1.807, 2.05) is 24.3 Å². The maximum absolute atomic E-state index is 8.77. The summed E-state index contributed by atoms with van der Waals surface area (Å²) in [7, 11) is 1.69. The van der Waals surface area contributed by atoms with Gasteiger partial charge in [-0.1, -0.05) is 24.3 Å². The highest BCUT2D eigenvalue weighted by Gasteiger charge is 2.09. The number of hydrogen-bond donors (Lipinski definition) is 1. The maximum atomic E-state index is 8.77. The molecule has 1 N–H and O–H groups in total. The summed E-state index contributed by atoms with van der Waals surface area (Å²) in [5.41, 5.74) is 2.25. The number of ether oxygens (including phenoxy) is 1. The molecule has 0 saturated carbocycles. The number of halogens is 1. The fourth-order valence-corrected chi connectivity index (χ4v) is 1.70. The number of aliphatic hydroxyl groups excluding tert-OH is 1. The lowest BCUT2D eigenvalue weighted by atomic mass is 10.0. The Balaban J connectivity index is 2.65. The summed E-state index contributed by atoms with van der Waals surface area (Å²) in [5.74, 6) is 0.536. The van der Waals surface area contributed by atoms with Crippen molar-refractivity contribution in [2.24, 2.45) is 0 Å². The van der Waals surface area contributed by atoms with Gasteiger partial charge >= 0.3 is 0 Å². The van der Waals surface area contributed by atoms with Gasteiger partial charge in [-0.25, -0.2) is 0 Å². The van der Waals surface area contributed by atoms with Crippen LogP contribution in [-0.2, 0) is 10.6 Å². The third kappa shape index (κ3) is 3.82. The smallest absolute Gasteiger partial charge is 0.0822 e. The van der Waals surface area contributed by atoms with Gasteiger partial charge in [0.25, 0.3) is 0 Å². The van der Waals surface area contributed by atoms with Gasteiger partial charge in [-0.2, -0.15) is 0 Å². The summed E-state index contributed by atoms with van der Waals surface area (Å²) in [4.78, 5) is 0. The fourth-order valence-electron chi connectivity index (χ4n) is 1.52. The average molecular weight is 229 g/mol. The van der Waals surface area contributed by atoms with Crippen molar-refractivity contribution in [2.75, 3.05) is 13.7 Å². The van der Waals surface area contributed by atoms with Gasteiger partial charge in [0, 0.05) is 19.6 Å². The van der Waals surface area contributed by atoms with Crippen molar-refractivity contribution in [3.63, 3.8) is 0 Å². The van der Waals surface area contributed by atoms with Gasteiger partial charge in [-0.15, -0.1) is 11.6 Å². The monoisotopic (exact) mass is 228 g/mol. The van der Waals surface area contributed by atoms with Gasteiger partial charge < -0.3 is 9.84 Å². The zero-order chi connectivity index (χ0) is 11.1. The second kappa shape index (κ2) is 6.83. The van der Waals surface area contributed by atoms with Gasteiger partial charge in [0.15, 0.2) is 0 Å². The van der Waals surface area contributed by atoms with Crippen molar-refractivity contribution in [3.05, 3.63) is 35.4 Å². The Labute approximate surface area is 95.8 Å². The van der Waals surface area contributed by atoms with E-state index in [1.165, 1.54) is 0 Å². The van der Waals surface area contributed by atoms with Crippen LogP contribution in [0.25, 0.3) is 0 Å². The highest BCUT2D eigenvalue weighted by Crippen LogP contribution is 2.22. The van der Waals surface area contributed by atoms with Crippen LogP contribution in [0.2, 0.25) is 0 Å². The molecule has 0 saturated heterocycles. The van der Waals surface area contributed by atoms with Gasteiger partial charge in [0.05, 0.1) is 6.10 Å². The summed E-state index contributed by atoms with van der Waals surface area (Å²) in [5, 5.41) is 8.77. The molecule has 15 heavy (non-hydrogen) atoms. The molecule has 1 aromatic rings. The molecule has 0 aromatic heterocycles. The number of hydrogen-bond acceptors (Lipinski definition) is 2. The largest absolute Gasteiger partial charge is 0.396 e. The highest BCUT2D eigenvalue weighted by atomic mass is 35.5. The minimum Gasteiger partial charge on any atom is -0.396 e. The number of rotatable bonds is 6. The summed E-state index contributed by atoms with van der Waals surface area (Å²) in [6, 6.07) is 8.08. The number of methoxy groups -OCH3 is 1. The van der Waals surface area contributed by atoms with Crippen LogP contribution in [0, 0.1) is 0 Å². The molecule has 1 rings (SSSR count). The SMILES string of the molecule is COC(CCCO)c1ccc(CCl)cc1. The Hall–Kier alpha value is -0.570. The minimum absolute atomic E-state index is 0.0709. The van der Waals surface area contributed by atoms with E-state index in [1.54, 1.807) is 7.11 Å². The quantitative estimate of drug-likeness (QED) is 0.759. The van der Waals surface area contributed by atoms with E-state index >= 15 is 0 Å². The Morgan fingerprint density at radius 1 is 1.33 bits per heavy atom. The zero-order valence-electron chi connectivity index (χ0n) is 8.95. The normalized spacial score (nSPS) is 12.7. The van der Waals surface area contributed by atoms with Crippen LogP contribution in [0.3, 0.4) is 0 Å². The van der Waals surface area contributed by atoms with Crippen molar-refractivity contribution in [2.45, 2.75) is 24.8 Å². The topological polar surface area (TPSA) is 29.5 Å². The maximum Gasteiger partial charge on any atom is 0.0822 e. The Morgan fingerprint density at radius 3 is 2.47 bits per heavy atom. The second-order valence-corrected chi connectivity index (χ2v) is 3.73. The molecule has 0 fully saturated rings. The first-order valence-corrected chi connectivity index (χ1v) is 5.63. The molecule has 0 aliphatic rings. The molecule has 1 atom stereocenters. The fraction of sp³-hybridized carbons (Fsp3) is 0.500. The van der Waals surface area contributed by atoms with Crippen LogP contribution >= 0.6 is 11.6 Å². The molecule has 3 heteroatoms. The molecule has 84 valence electrons. The van der Waals surface area contributed by atoms with Crippen LogP contribution in [0.4, 0.5) is 0 Å². The molecule has 1 aromatic carbocycles. The summed E-state index contributed by atoms with van der Waals surface area (Å²) < 4.78 is 5.37. The molecule has 0 radical (unpaired) electrons. The number of aliphatic hydroxyl groups is 1. The molecular formula is C12H17ClO2. The zero-order valence-corrected chi connectivity index (χ0v) is 9.70. The van der Waals surface area contributed by atoms with E-state index in [0.717, 1.165) is 24.0 Å². The predicted molar refractivity (Wildman–Crippen MR) is 62.1 cm³/mol. The van der Waals surface area contributed by atoms with Gasteiger partial charge in [0.1, 0.15) is 0 Å². The Bertz CT molecular complexity index is 271. The first-order valence-electron chi connectivity index (χ1n) is 5.10. The van der Waals surface area contributed by atoms with E-state index < -0.39 is 0 Å². The molecular weight excluding hydrogens is 212 g/mol. The summed E-state index contributed by atoms with van der Waals surface area (Å²) in [6.45, 7) is 0.208. The van der Waals surface area contributed by atoms with Crippen molar-refractivity contribution < 1.29 is 9.84 Å². The van der Waals surface area contributed by atoms with Crippen molar-refractivity contribution >= 4 is 11.6 Å². The predicted octanol–water partition coefficient (Wildman–Crippen LogP) is 2.89. The molecule has 2 nitrogen and oxygen atoms in total. The van der Waals surface area contributed by atoms with Crippen molar-refractivity contribution in [1.82, 2.24) is 0 Å². The average Bonchev–Trinajstić information content (AvgIpc) is 2.31. The number of alkyl halides is 1. The van der Waals surface area contributed by atoms with Gasteiger partial charge in [-0.3, -0.25) is 0 Å². The van der Waals surface area contributed by atoms with Gasteiger partial charge in [-0.05, 0) is 24.0 Å². The van der Waals surface area contributed by atoms with Crippen LogP contribution in [0.5, 0.6) is 0 Å². The molecule has 1 unspecified atom stereocenters. The van der Waals surface area contributed by atoms with E-state index in [-0.39, 0.29) is 12.7 Å². The second-order valence-electron chi connectivity index (χ2n) is 3.47. The summed E-state index contributed by atoms with van der Waals surface area (Å²) in [6.07, 6.45) is 1.67. The van der Waals surface area contributed by atoms with Gasteiger partial charge in [0.2, 0.25) is 0 Å². The van der Waals surface area contributed by atoms with E-state index in [9.17, 15) is 0 Å². The highest BCUT2D eigenvalue weighted by molar-refractivity contribution is 6.17. The van der Waals surface area contributed by atoms with E-state index in [2.05, 4.69) is 0 Å². The Kier molecular flexibility index (Phi) is 5.69. The lowest BCUT2D eigenvalue weighted by molar-refractivity contribution is 0.0881. The third-order valence-electron chi connectivity index (χ3n) is 2.41. The van der Waals surface area contributed by atoms with E-state index in [0.29, 0.717) is 5.88 Å². The number of benzene rings is 1. The molecule has 0 amide bonds. The van der Waals surface area contributed by atoms with Crippen LogP contribution in [0.1, 0.15) is 30.1 Å². The third-order valence-corrected chi connectivity index (χ3v) is 2.72. The summed E-state index contributed by atoms with van der Waals surface area (Å²) >= 11 is 5.71. The first-order chi connectivity index (χ1) is 7.31. The molecule has 0 aliphatic heterocycles. The van der Waals surface area contributed by atoms with Crippen molar-refractivity contribution in [3.8, 4) is 0 Å². The van der Waals surface area contributed by atoms with E-state index in [4.69, 9.17) is 21.4 Å². The van der Waals surface area contributed by atoms with Crippen LogP contribution < -0.4 is 0 Å². The Morgan fingerprint density at radius 2 is 2.00 bits per heavy atom. The van der Waals surface area contributed by atoms with Crippen LogP contribution in [-0.4, -0.2) is 18.8 Å². The minimum atomic E-state index is 0.0709. The molecule has 0 aliphatic carbocycles.